The van der Waals surface area contributed by atoms with Crippen molar-refractivity contribution in [2.24, 2.45) is 0 Å². The Labute approximate surface area is 153 Å². The van der Waals surface area contributed by atoms with E-state index in [1.165, 1.54) is 0 Å². The number of amides is 1. The minimum absolute atomic E-state index is 0.0801. The molecule has 1 amide bonds. The van der Waals surface area contributed by atoms with Crippen molar-refractivity contribution in [2.75, 3.05) is 25.1 Å². The van der Waals surface area contributed by atoms with Crippen molar-refractivity contribution in [3.05, 3.63) is 24.3 Å². The molecule has 0 aliphatic carbocycles. The maximum atomic E-state index is 12.2. The number of aliphatic carboxylic acids is 1. The summed E-state index contributed by atoms with van der Waals surface area (Å²) in [6.45, 7) is 3.25. The van der Waals surface area contributed by atoms with Gasteiger partial charge in [-0.1, -0.05) is 0 Å². The molecule has 1 aromatic carbocycles. The van der Waals surface area contributed by atoms with Crippen molar-refractivity contribution in [1.29, 1.82) is 0 Å². The van der Waals surface area contributed by atoms with E-state index in [0.29, 0.717) is 31.1 Å². The standard InChI is InChI=1S/C19H27NO6/c1-14(26-13-17-5-2-3-11-25-17)19(23)20-15-7-9-16(10-8-15)24-12-4-6-18(21)22/h7-10,14,17H,2-6,11-13H2,1H3,(H,20,23)(H,21,22). The number of anilines is 1. The Morgan fingerprint density at radius 1 is 1.31 bits per heavy atom. The minimum Gasteiger partial charge on any atom is -0.494 e. The monoisotopic (exact) mass is 365 g/mol. The summed E-state index contributed by atoms with van der Waals surface area (Å²) in [4.78, 5) is 22.6. The number of carbonyl (C=O) groups is 2. The van der Waals surface area contributed by atoms with Crippen LogP contribution in [-0.2, 0) is 19.1 Å². The summed E-state index contributed by atoms with van der Waals surface area (Å²) in [7, 11) is 0. The number of hydrogen-bond donors (Lipinski definition) is 2. The number of carbonyl (C=O) groups excluding carboxylic acids is 1. The van der Waals surface area contributed by atoms with Gasteiger partial charge >= 0.3 is 5.97 Å². The van der Waals surface area contributed by atoms with Gasteiger partial charge in [-0.05, 0) is 56.9 Å². The second kappa shape index (κ2) is 10.8. The molecule has 0 radical (unpaired) electrons. The first-order valence-electron chi connectivity index (χ1n) is 9.03. The van der Waals surface area contributed by atoms with Gasteiger partial charge < -0.3 is 24.6 Å². The van der Waals surface area contributed by atoms with Gasteiger partial charge in [0.1, 0.15) is 11.9 Å². The zero-order chi connectivity index (χ0) is 18.8. The first-order valence-corrected chi connectivity index (χ1v) is 9.03. The Bertz CT molecular complexity index is 568. The van der Waals surface area contributed by atoms with E-state index < -0.39 is 12.1 Å². The maximum Gasteiger partial charge on any atom is 0.303 e. The molecule has 1 aliphatic rings. The van der Waals surface area contributed by atoms with E-state index in [0.717, 1.165) is 25.9 Å². The number of benzene rings is 1. The predicted molar refractivity (Wildman–Crippen MR) is 96.4 cm³/mol. The fraction of sp³-hybridized carbons (Fsp3) is 0.579. The molecule has 1 fully saturated rings. The van der Waals surface area contributed by atoms with Crippen molar-refractivity contribution < 1.29 is 28.9 Å². The highest BCUT2D eigenvalue weighted by Gasteiger charge is 2.19. The lowest BCUT2D eigenvalue weighted by Gasteiger charge is -2.23. The highest BCUT2D eigenvalue weighted by molar-refractivity contribution is 5.93. The number of nitrogens with one attached hydrogen (secondary N) is 1. The molecule has 2 N–H and O–H groups in total. The summed E-state index contributed by atoms with van der Waals surface area (Å²) in [6, 6.07) is 6.94. The molecule has 1 aliphatic heterocycles. The number of carboxylic acid groups (broad SMARTS) is 1. The van der Waals surface area contributed by atoms with Crippen LogP contribution in [0, 0.1) is 0 Å². The molecular weight excluding hydrogens is 338 g/mol. The topological polar surface area (TPSA) is 94.1 Å². The number of ether oxygens (including phenoxy) is 3. The Hall–Kier alpha value is -2.12. The lowest BCUT2D eigenvalue weighted by Crippen LogP contribution is -2.32. The second-order valence-electron chi connectivity index (χ2n) is 6.32. The zero-order valence-corrected chi connectivity index (χ0v) is 15.1. The van der Waals surface area contributed by atoms with E-state index in [2.05, 4.69) is 5.32 Å². The van der Waals surface area contributed by atoms with E-state index >= 15 is 0 Å². The lowest BCUT2D eigenvalue weighted by atomic mass is 10.1. The molecule has 2 unspecified atom stereocenters. The molecule has 0 bridgehead atoms. The van der Waals surface area contributed by atoms with Crippen LogP contribution in [0.4, 0.5) is 5.69 Å². The van der Waals surface area contributed by atoms with E-state index in [-0.39, 0.29) is 18.4 Å². The van der Waals surface area contributed by atoms with Gasteiger partial charge in [0.2, 0.25) is 0 Å². The Morgan fingerprint density at radius 2 is 2.08 bits per heavy atom. The molecule has 0 saturated carbocycles. The Balaban J connectivity index is 1.69. The van der Waals surface area contributed by atoms with Gasteiger partial charge in [-0.3, -0.25) is 9.59 Å². The first-order chi connectivity index (χ1) is 12.5. The van der Waals surface area contributed by atoms with Crippen molar-refractivity contribution in [1.82, 2.24) is 0 Å². The minimum atomic E-state index is -0.835. The molecular formula is C19H27NO6. The van der Waals surface area contributed by atoms with Crippen molar-refractivity contribution in [3.8, 4) is 5.75 Å². The number of rotatable bonds is 10. The molecule has 1 aromatic rings. The molecule has 144 valence electrons. The first kappa shape index (κ1) is 20.2. The van der Waals surface area contributed by atoms with Crippen LogP contribution in [0.3, 0.4) is 0 Å². The number of hydrogen-bond acceptors (Lipinski definition) is 5. The van der Waals surface area contributed by atoms with E-state index in [1.54, 1.807) is 31.2 Å². The molecule has 2 rings (SSSR count). The predicted octanol–water partition coefficient (Wildman–Crippen LogP) is 2.84. The third-order valence-electron chi connectivity index (χ3n) is 4.10. The van der Waals surface area contributed by atoms with Gasteiger partial charge in [0.05, 0.1) is 19.3 Å². The third-order valence-corrected chi connectivity index (χ3v) is 4.10. The summed E-state index contributed by atoms with van der Waals surface area (Å²) < 4.78 is 16.7. The summed E-state index contributed by atoms with van der Waals surface area (Å²) >= 11 is 0. The van der Waals surface area contributed by atoms with Crippen molar-refractivity contribution >= 4 is 17.6 Å². The maximum absolute atomic E-state index is 12.2. The van der Waals surface area contributed by atoms with Gasteiger partial charge in [0, 0.05) is 18.7 Å². The molecule has 1 heterocycles. The molecule has 0 aromatic heterocycles. The highest BCUT2D eigenvalue weighted by atomic mass is 16.5. The van der Waals surface area contributed by atoms with Crippen LogP contribution in [0.1, 0.15) is 39.0 Å². The Kier molecular flexibility index (Phi) is 8.37. The van der Waals surface area contributed by atoms with E-state index in [9.17, 15) is 9.59 Å². The van der Waals surface area contributed by atoms with Crippen LogP contribution in [-0.4, -0.2) is 49.0 Å². The molecule has 7 heteroatoms. The van der Waals surface area contributed by atoms with Gasteiger partial charge in [-0.2, -0.15) is 0 Å². The number of carboxylic acids is 1. The van der Waals surface area contributed by atoms with Gasteiger partial charge in [0.25, 0.3) is 5.91 Å². The summed E-state index contributed by atoms with van der Waals surface area (Å²) in [5.41, 5.74) is 0.650. The van der Waals surface area contributed by atoms with Crippen LogP contribution < -0.4 is 10.1 Å². The van der Waals surface area contributed by atoms with Crippen LogP contribution in [0.2, 0.25) is 0 Å². The van der Waals surface area contributed by atoms with Crippen LogP contribution in [0.5, 0.6) is 5.75 Å². The largest absolute Gasteiger partial charge is 0.494 e. The summed E-state index contributed by atoms with van der Waals surface area (Å²) in [5, 5.41) is 11.4. The fourth-order valence-electron chi connectivity index (χ4n) is 2.56. The van der Waals surface area contributed by atoms with Crippen LogP contribution in [0.15, 0.2) is 24.3 Å². The normalized spacial score (nSPS) is 18.1. The van der Waals surface area contributed by atoms with Crippen LogP contribution in [0.25, 0.3) is 0 Å². The lowest BCUT2D eigenvalue weighted by molar-refractivity contribution is -0.137. The van der Waals surface area contributed by atoms with Gasteiger partial charge in [0.15, 0.2) is 0 Å². The zero-order valence-electron chi connectivity index (χ0n) is 15.1. The smallest absolute Gasteiger partial charge is 0.303 e. The van der Waals surface area contributed by atoms with E-state index in [1.807, 2.05) is 0 Å². The van der Waals surface area contributed by atoms with Crippen molar-refractivity contribution in [3.63, 3.8) is 0 Å². The van der Waals surface area contributed by atoms with Crippen LogP contribution >= 0.6 is 0 Å². The molecule has 7 nitrogen and oxygen atoms in total. The molecule has 2 atom stereocenters. The summed E-state index contributed by atoms with van der Waals surface area (Å²) in [6.07, 6.45) is 3.25. The molecule has 0 spiro atoms. The molecule has 1 saturated heterocycles. The summed E-state index contributed by atoms with van der Waals surface area (Å²) in [5.74, 6) is -0.416. The van der Waals surface area contributed by atoms with Gasteiger partial charge in [-0.15, -0.1) is 0 Å². The highest BCUT2D eigenvalue weighted by Crippen LogP contribution is 2.17. The molecule has 26 heavy (non-hydrogen) atoms. The van der Waals surface area contributed by atoms with E-state index in [4.69, 9.17) is 19.3 Å². The van der Waals surface area contributed by atoms with Crippen molar-refractivity contribution in [2.45, 2.75) is 51.2 Å². The van der Waals surface area contributed by atoms with Gasteiger partial charge in [-0.25, -0.2) is 0 Å². The average molecular weight is 365 g/mol. The average Bonchev–Trinajstić information content (AvgIpc) is 2.65. The fourth-order valence-corrected chi connectivity index (χ4v) is 2.56. The third kappa shape index (κ3) is 7.41. The second-order valence-corrected chi connectivity index (χ2v) is 6.32. The quantitative estimate of drug-likeness (QED) is 0.619. The SMILES string of the molecule is CC(OCC1CCCCO1)C(=O)Nc1ccc(OCCCC(=O)O)cc1. The Morgan fingerprint density at radius 3 is 2.73 bits per heavy atom.